The van der Waals surface area contributed by atoms with E-state index in [0.717, 1.165) is 33.0 Å². The summed E-state index contributed by atoms with van der Waals surface area (Å²) in [4.78, 5) is 79.6. The van der Waals surface area contributed by atoms with E-state index < -0.39 is 50.4 Å². The first kappa shape index (κ1) is 55.8. The number of β-amino-alcohol motifs (C(OH)–C–C–N with tert-alkyl or cyclic N) is 1. The van der Waals surface area contributed by atoms with Crippen LogP contribution < -0.4 is 25.4 Å². The van der Waals surface area contributed by atoms with Gasteiger partial charge in [0.15, 0.2) is 0 Å². The maximum absolute atomic E-state index is 14.1. The van der Waals surface area contributed by atoms with Crippen molar-refractivity contribution >= 4 is 78.9 Å². The van der Waals surface area contributed by atoms with Gasteiger partial charge in [0.2, 0.25) is 23.5 Å². The predicted octanol–water partition coefficient (Wildman–Crippen LogP) is 5.59. The number of benzene rings is 2. The first-order valence-corrected chi connectivity index (χ1v) is 27.0. The number of aliphatic hydroxyl groups is 1. The van der Waals surface area contributed by atoms with Crippen molar-refractivity contribution in [3.63, 3.8) is 0 Å². The van der Waals surface area contributed by atoms with E-state index in [1.54, 1.807) is 33.8 Å². The maximum atomic E-state index is 14.1. The molecule has 5 N–H and O–H groups in total. The van der Waals surface area contributed by atoms with Gasteiger partial charge in [-0.05, 0) is 85.6 Å². The van der Waals surface area contributed by atoms with Crippen molar-refractivity contribution in [2.45, 2.75) is 102 Å². The number of hydrogen-bond acceptors (Lipinski definition) is 18. The lowest BCUT2D eigenvalue weighted by atomic mass is 9.85. The fourth-order valence-electron chi connectivity index (χ4n) is 8.08. The van der Waals surface area contributed by atoms with E-state index in [-0.39, 0.29) is 70.6 Å². The summed E-state index contributed by atoms with van der Waals surface area (Å²) < 4.78 is 36.0. The number of nitrogens with one attached hydrogen (secondary N) is 4. The van der Waals surface area contributed by atoms with Crippen molar-refractivity contribution in [1.82, 2.24) is 45.5 Å². The van der Waals surface area contributed by atoms with E-state index in [1.807, 2.05) is 52.0 Å². The average Bonchev–Trinajstić information content (AvgIpc) is 4.23. The minimum atomic E-state index is -4.21. The molecule has 3 atom stereocenters. The molecule has 0 saturated carbocycles. The molecule has 4 amide bonds. The smallest absolute Gasteiger partial charge is 0.324 e. The van der Waals surface area contributed by atoms with Gasteiger partial charge in [0, 0.05) is 55.3 Å². The molecular weight excluding hydrogens is 1040 g/mol. The molecule has 26 heteroatoms. The van der Waals surface area contributed by atoms with Crippen LogP contribution in [0.15, 0.2) is 89.0 Å². The maximum Gasteiger partial charge on any atom is 0.324 e. The topological polar surface area (TPSA) is 320 Å². The molecule has 7 rings (SSSR count). The number of aromatic nitrogens is 6. The lowest BCUT2D eigenvalue weighted by Crippen LogP contribution is -2.57. The number of hydrogen-bond donors (Lipinski definition) is 5. The van der Waals surface area contributed by atoms with E-state index >= 15 is 0 Å². The lowest BCUT2D eigenvalue weighted by molar-refractivity contribution is -0.380. The normalized spacial score (nSPS) is 15.1. The van der Waals surface area contributed by atoms with Gasteiger partial charge in [-0.25, -0.2) is 23.4 Å². The van der Waals surface area contributed by atoms with Crippen LogP contribution >= 0.6 is 22.7 Å². The molecule has 1 saturated heterocycles. The molecule has 6 aromatic rings. The number of carbonyl (C=O) groups is 4. The van der Waals surface area contributed by atoms with Gasteiger partial charge in [-0.3, -0.25) is 38.7 Å². The zero-order chi connectivity index (χ0) is 54.7. The third kappa shape index (κ3) is 14.4. The lowest BCUT2D eigenvalue weighted by Gasteiger charge is -2.35. The van der Waals surface area contributed by atoms with Gasteiger partial charge in [0.05, 0.1) is 56.7 Å². The van der Waals surface area contributed by atoms with Crippen LogP contribution in [0.4, 0.5) is 16.5 Å². The molecule has 0 spiro atoms. The molecule has 1 aliphatic heterocycles. The molecule has 0 unspecified atom stereocenters. The van der Waals surface area contributed by atoms with Crippen LogP contribution in [0.2, 0.25) is 0 Å². The van der Waals surface area contributed by atoms with Crippen molar-refractivity contribution in [2.75, 3.05) is 23.7 Å². The summed E-state index contributed by atoms with van der Waals surface area (Å²) >= 11 is 2.35. The Balaban J connectivity index is 0.847. The molecule has 0 bridgehead atoms. The van der Waals surface area contributed by atoms with E-state index in [1.165, 1.54) is 60.7 Å². The summed E-state index contributed by atoms with van der Waals surface area (Å²) in [5.74, 6) is -2.21. The molecular formula is C50H55N13O10S3. The van der Waals surface area contributed by atoms with Gasteiger partial charge in [0.25, 0.3) is 21.8 Å². The molecule has 4 aromatic heterocycles. The van der Waals surface area contributed by atoms with Crippen LogP contribution in [0.1, 0.15) is 74.0 Å². The highest BCUT2D eigenvalue weighted by molar-refractivity contribution is 7.92. The van der Waals surface area contributed by atoms with Crippen molar-refractivity contribution < 1.29 is 42.4 Å². The Kier molecular flexibility index (Phi) is 18.0. The number of rotatable bonds is 22. The highest BCUT2D eigenvalue weighted by Crippen LogP contribution is 2.30. The fraction of sp³-hybridized carbons (Fsp3) is 0.360. The van der Waals surface area contributed by atoms with Crippen molar-refractivity contribution in [1.29, 1.82) is 5.26 Å². The largest absolute Gasteiger partial charge is 0.478 e. The molecule has 76 heavy (non-hydrogen) atoms. The molecule has 2 aromatic carbocycles. The Morgan fingerprint density at radius 3 is 2.43 bits per heavy atom. The van der Waals surface area contributed by atoms with Crippen LogP contribution in [-0.4, -0.2) is 109 Å². The number of sulfonamides is 1. The van der Waals surface area contributed by atoms with Gasteiger partial charge in [-0.1, -0.05) is 61.6 Å². The Morgan fingerprint density at radius 2 is 1.78 bits per heavy atom. The number of thiazole rings is 1. The number of amides is 4. The van der Waals surface area contributed by atoms with Crippen molar-refractivity contribution in [3.05, 3.63) is 122 Å². The summed E-state index contributed by atoms with van der Waals surface area (Å²) in [6, 6.07) is 15.5. The van der Waals surface area contributed by atoms with Crippen LogP contribution in [0, 0.1) is 33.8 Å². The number of methoxy groups -OCH3 is 1. The third-order valence-electron chi connectivity index (χ3n) is 12.0. The van der Waals surface area contributed by atoms with E-state index in [0.29, 0.717) is 48.5 Å². The molecule has 5 heterocycles. The van der Waals surface area contributed by atoms with Gasteiger partial charge in [-0.2, -0.15) is 5.26 Å². The SMILES string of the molecule is COc1nc(CCCn2cc(CCCC(=O)N[C@H](C(=O)N3C[C@H](O)C[C@H]3C(=O)NCc3ccc(-c4scnc4C)cc3)C(C)(C)C)nn2)cnc1NS(=O)(=O)c1ccc(NC(=O)/C(C#N)=C/c2ccc([N+](=O)[O-])s2)cc1. The molecule has 398 valence electrons. The number of ether oxygens (including phenoxy) is 1. The third-order valence-corrected chi connectivity index (χ3v) is 15.4. The van der Waals surface area contributed by atoms with E-state index in [2.05, 4.69) is 45.9 Å². The highest BCUT2D eigenvalue weighted by Gasteiger charge is 2.44. The Labute approximate surface area is 445 Å². The summed E-state index contributed by atoms with van der Waals surface area (Å²) in [6.45, 7) is 8.10. The van der Waals surface area contributed by atoms with Gasteiger partial charge < -0.3 is 30.7 Å². The number of nitro groups is 1. The number of nitriles is 1. The number of anilines is 2. The highest BCUT2D eigenvalue weighted by atomic mass is 32.2. The number of carbonyl (C=O) groups excluding carboxylic acids is 4. The number of aliphatic hydroxyl groups excluding tert-OH is 1. The second kappa shape index (κ2) is 24.6. The zero-order valence-corrected chi connectivity index (χ0v) is 44.5. The van der Waals surface area contributed by atoms with E-state index in [4.69, 9.17) is 4.74 Å². The summed E-state index contributed by atoms with van der Waals surface area (Å²) in [6.07, 6.45) is 5.51. The predicted molar refractivity (Wildman–Crippen MR) is 282 cm³/mol. The standard InChI is InChI=1S/C50H55N13O10S3/c1-30-43(74-29-54-30)32-13-11-31(12-14-32)25-53-47(67)40-23-37(64)28-62(40)49(68)44(50(2,3)4)57-41(65)10-6-8-36-27-61(60-58-36)21-7-9-35-26-52-45(48(56-35)73-5)59-76(71,72)39-18-15-34(16-19-39)55-46(66)33(24-51)22-38-17-20-42(75-38)63(69)70/h11-20,22,26-27,29,37,40,44,64H,6-10,21,23,25,28H2,1-5H3,(H,52,59)(H,53,67)(H,55,66)(H,57,65)/b33-22+/t37-,40+,44-/m1/s1. The monoisotopic (exact) mass is 1090 g/mol. The van der Waals surface area contributed by atoms with Crippen LogP contribution in [0.5, 0.6) is 5.88 Å². The van der Waals surface area contributed by atoms with Crippen LogP contribution in [0.25, 0.3) is 16.5 Å². The second-order valence-electron chi connectivity index (χ2n) is 18.8. The van der Waals surface area contributed by atoms with Gasteiger partial charge in [0.1, 0.15) is 23.7 Å². The number of aryl methyl sites for hydroxylation is 4. The number of nitrogens with zero attached hydrogens (tertiary/aromatic N) is 9. The minimum absolute atomic E-state index is 0.0359. The number of thiophene rings is 1. The summed E-state index contributed by atoms with van der Waals surface area (Å²) in [7, 11) is -2.89. The van der Waals surface area contributed by atoms with Crippen LogP contribution in [-0.2, 0) is 55.1 Å². The summed E-state index contributed by atoms with van der Waals surface area (Å²) in [5.41, 5.74) is 4.98. The minimum Gasteiger partial charge on any atom is -0.478 e. The quantitative estimate of drug-likeness (QED) is 0.0239. The van der Waals surface area contributed by atoms with E-state index in [9.17, 15) is 48.1 Å². The summed E-state index contributed by atoms with van der Waals surface area (Å²) in [5, 5.41) is 47.7. The molecule has 0 radical (unpaired) electrons. The van der Waals surface area contributed by atoms with Gasteiger partial charge >= 0.3 is 5.00 Å². The molecule has 1 aliphatic rings. The molecule has 0 aliphatic carbocycles. The first-order valence-electron chi connectivity index (χ1n) is 23.9. The molecule has 23 nitrogen and oxygen atoms in total. The number of likely N-dealkylation sites (tertiary alicyclic amines) is 1. The Hall–Kier alpha value is -7.99. The van der Waals surface area contributed by atoms with Gasteiger partial charge in [-0.15, -0.1) is 16.4 Å². The second-order valence-corrected chi connectivity index (χ2v) is 22.4. The van der Waals surface area contributed by atoms with Crippen molar-refractivity contribution in [3.8, 4) is 22.4 Å². The van der Waals surface area contributed by atoms with Crippen molar-refractivity contribution in [2.24, 2.45) is 5.41 Å². The fourth-order valence-corrected chi connectivity index (χ4v) is 10.7. The average molecular weight is 1090 g/mol. The zero-order valence-electron chi connectivity index (χ0n) is 42.1. The van der Waals surface area contributed by atoms with Crippen LogP contribution in [0.3, 0.4) is 0 Å². The Morgan fingerprint density at radius 1 is 1.04 bits per heavy atom. The molecule has 1 fully saturated rings. The first-order chi connectivity index (χ1) is 36.2. The Bertz CT molecular complexity index is 3270.